The van der Waals surface area contributed by atoms with Gasteiger partial charge in [0.2, 0.25) is 0 Å². The van der Waals surface area contributed by atoms with Crippen molar-refractivity contribution in [3.05, 3.63) is 29.5 Å². The minimum Gasteiger partial charge on any atom is -0.451 e. The number of nitrogens with two attached hydrogens (primary N) is 1. The van der Waals surface area contributed by atoms with Gasteiger partial charge in [-0.1, -0.05) is 0 Å². The van der Waals surface area contributed by atoms with E-state index in [4.69, 9.17) is 10.2 Å². The van der Waals surface area contributed by atoms with E-state index < -0.39 is 5.91 Å². The van der Waals surface area contributed by atoms with Crippen molar-refractivity contribution in [3.63, 3.8) is 0 Å². The molecule has 2 N–H and O–H groups in total. The van der Waals surface area contributed by atoms with E-state index in [9.17, 15) is 4.79 Å². The van der Waals surface area contributed by atoms with Crippen LogP contribution in [0.25, 0.3) is 11.0 Å². The molecule has 3 rings (SSSR count). The number of hydrogen-bond donors (Lipinski definition) is 1. The number of hydrogen-bond acceptors (Lipinski definition) is 3. The van der Waals surface area contributed by atoms with Gasteiger partial charge in [-0.25, -0.2) is 0 Å². The van der Waals surface area contributed by atoms with Gasteiger partial charge in [0, 0.05) is 25.2 Å². The third kappa shape index (κ3) is 1.74. The molecule has 1 amide bonds. The molecule has 0 aliphatic heterocycles. The number of amides is 1. The lowest BCUT2D eigenvalue weighted by molar-refractivity contribution is 0.0976. The van der Waals surface area contributed by atoms with Gasteiger partial charge in [0.25, 0.3) is 5.91 Å². The van der Waals surface area contributed by atoms with Crippen molar-refractivity contribution in [2.45, 2.75) is 18.8 Å². The predicted octanol–water partition coefficient (Wildman–Crippen LogP) is 2.48. The summed E-state index contributed by atoms with van der Waals surface area (Å²) >= 11 is 0. The lowest BCUT2D eigenvalue weighted by Crippen LogP contribution is -2.10. The molecule has 1 saturated carbocycles. The number of carbonyl (C=O) groups is 1. The zero-order chi connectivity index (χ0) is 12.9. The van der Waals surface area contributed by atoms with Crippen molar-refractivity contribution in [2.24, 2.45) is 5.73 Å². The van der Waals surface area contributed by atoms with E-state index in [1.165, 1.54) is 18.4 Å². The molecular weight excluding hydrogens is 228 g/mol. The fourth-order valence-electron chi connectivity index (χ4n) is 2.28. The van der Waals surface area contributed by atoms with Gasteiger partial charge >= 0.3 is 0 Å². The highest BCUT2D eigenvalue weighted by Crippen LogP contribution is 2.43. The molecule has 1 aliphatic rings. The molecule has 2 aromatic rings. The van der Waals surface area contributed by atoms with Crippen molar-refractivity contribution < 1.29 is 9.21 Å². The summed E-state index contributed by atoms with van der Waals surface area (Å²) in [6.07, 6.45) is 2.48. The Hall–Kier alpha value is -1.97. The van der Waals surface area contributed by atoms with E-state index in [0.717, 1.165) is 16.7 Å². The first-order chi connectivity index (χ1) is 8.56. The normalized spacial score (nSPS) is 15.0. The van der Waals surface area contributed by atoms with Crippen LogP contribution in [0.4, 0.5) is 5.69 Å². The van der Waals surface area contributed by atoms with Crippen LogP contribution in [-0.2, 0) is 0 Å². The Kier molecular flexibility index (Phi) is 2.33. The first kappa shape index (κ1) is 11.1. The highest BCUT2D eigenvalue weighted by molar-refractivity contribution is 5.99. The summed E-state index contributed by atoms with van der Waals surface area (Å²) in [5, 5.41) is 0.943. The van der Waals surface area contributed by atoms with E-state index in [-0.39, 0.29) is 5.76 Å². The third-order valence-corrected chi connectivity index (χ3v) is 3.41. The monoisotopic (exact) mass is 244 g/mol. The van der Waals surface area contributed by atoms with Crippen molar-refractivity contribution >= 4 is 22.6 Å². The van der Waals surface area contributed by atoms with Crippen LogP contribution in [0, 0.1) is 0 Å². The molecule has 0 radical (unpaired) electrons. The van der Waals surface area contributed by atoms with Gasteiger partial charge in [-0.15, -0.1) is 0 Å². The maximum atomic E-state index is 11.2. The van der Waals surface area contributed by atoms with Crippen LogP contribution in [0.15, 0.2) is 22.6 Å². The number of fused-ring (bicyclic) bond motifs is 1. The smallest absolute Gasteiger partial charge is 0.284 e. The Balaban J connectivity index is 2.23. The first-order valence-corrected chi connectivity index (χ1v) is 6.11. The molecule has 1 aromatic carbocycles. The van der Waals surface area contributed by atoms with Crippen molar-refractivity contribution in [1.29, 1.82) is 0 Å². The van der Waals surface area contributed by atoms with Crippen molar-refractivity contribution in [3.8, 4) is 0 Å². The number of carbonyl (C=O) groups excluding carboxylic acids is 1. The Bertz CT molecular complexity index is 624. The standard InChI is InChI=1S/C14H16N2O2/c1-16(2)11-5-9(8-3-4-8)6-12-10(11)7-13(18-12)14(15)17/h5-8H,3-4H2,1-2H3,(H2,15,17). The van der Waals surface area contributed by atoms with Gasteiger partial charge in [-0.2, -0.15) is 0 Å². The molecular formula is C14H16N2O2. The van der Waals surface area contributed by atoms with Crippen LogP contribution < -0.4 is 10.6 Å². The largest absolute Gasteiger partial charge is 0.451 e. The SMILES string of the molecule is CN(C)c1cc(C2CC2)cc2oc(C(N)=O)cc12. The van der Waals surface area contributed by atoms with E-state index in [2.05, 4.69) is 6.07 Å². The van der Waals surface area contributed by atoms with Crippen molar-refractivity contribution in [1.82, 2.24) is 0 Å². The summed E-state index contributed by atoms with van der Waals surface area (Å²) in [7, 11) is 3.98. The zero-order valence-corrected chi connectivity index (χ0v) is 10.6. The number of furan rings is 1. The van der Waals surface area contributed by atoms with Gasteiger partial charge in [-0.05, 0) is 42.5 Å². The minimum absolute atomic E-state index is 0.223. The van der Waals surface area contributed by atoms with E-state index in [0.29, 0.717) is 5.92 Å². The van der Waals surface area contributed by atoms with E-state index in [1.54, 1.807) is 6.07 Å². The molecule has 94 valence electrons. The Labute approximate surface area is 105 Å². The molecule has 0 atom stereocenters. The number of primary amides is 1. The van der Waals surface area contributed by atoms with Gasteiger partial charge in [0.1, 0.15) is 5.58 Å². The topological polar surface area (TPSA) is 59.5 Å². The Morgan fingerprint density at radius 3 is 2.61 bits per heavy atom. The maximum Gasteiger partial charge on any atom is 0.284 e. The summed E-state index contributed by atoms with van der Waals surface area (Å²) in [5.41, 5.74) is 8.38. The third-order valence-electron chi connectivity index (χ3n) is 3.41. The summed E-state index contributed by atoms with van der Waals surface area (Å²) in [6, 6.07) is 5.94. The lowest BCUT2D eigenvalue weighted by atomic mass is 10.1. The number of anilines is 1. The van der Waals surface area contributed by atoms with Crippen LogP contribution in [0.5, 0.6) is 0 Å². The van der Waals surface area contributed by atoms with Gasteiger partial charge in [-0.3, -0.25) is 4.79 Å². The molecule has 0 unspecified atom stereocenters. The second kappa shape index (κ2) is 3.77. The van der Waals surface area contributed by atoms with E-state index in [1.807, 2.05) is 25.1 Å². The zero-order valence-electron chi connectivity index (χ0n) is 10.6. The Morgan fingerprint density at radius 1 is 1.33 bits per heavy atom. The fourth-order valence-corrected chi connectivity index (χ4v) is 2.28. The summed E-state index contributed by atoms with van der Waals surface area (Å²) in [4.78, 5) is 13.2. The summed E-state index contributed by atoms with van der Waals surface area (Å²) < 4.78 is 5.54. The highest BCUT2D eigenvalue weighted by Gasteiger charge is 2.25. The molecule has 1 aromatic heterocycles. The fraction of sp³-hybridized carbons (Fsp3) is 0.357. The highest BCUT2D eigenvalue weighted by atomic mass is 16.3. The van der Waals surface area contributed by atoms with Crippen LogP contribution >= 0.6 is 0 Å². The van der Waals surface area contributed by atoms with E-state index >= 15 is 0 Å². The van der Waals surface area contributed by atoms with Gasteiger partial charge in [0.15, 0.2) is 5.76 Å². The van der Waals surface area contributed by atoms with Gasteiger partial charge in [0.05, 0.1) is 0 Å². The molecule has 4 nitrogen and oxygen atoms in total. The second-order valence-corrected chi connectivity index (χ2v) is 5.10. The molecule has 18 heavy (non-hydrogen) atoms. The van der Waals surface area contributed by atoms with Crippen LogP contribution in [0.1, 0.15) is 34.9 Å². The van der Waals surface area contributed by atoms with Crippen LogP contribution in [-0.4, -0.2) is 20.0 Å². The van der Waals surface area contributed by atoms with Crippen LogP contribution in [0.3, 0.4) is 0 Å². The predicted molar refractivity (Wildman–Crippen MR) is 71.0 cm³/mol. The quantitative estimate of drug-likeness (QED) is 0.902. The first-order valence-electron chi connectivity index (χ1n) is 6.11. The number of nitrogens with zero attached hydrogens (tertiary/aromatic N) is 1. The maximum absolute atomic E-state index is 11.2. The molecule has 1 fully saturated rings. The molecule has 1 aliphatic carbocycles. The Morgan fingerprint density at radius 2 is 2.06 bits per heavy atom. The second-order valence-electron chi connectivity index (χ2n) is 5.10. The average Bonchev–Trinajstić information content (AvgIpc) is 3.06. The summed E-state index contributed by atoms with van der Waals surface area (Å²) in [5.74, 6) is 0.347. The number of benzene rings is 1. The lowest BCUT2D eigenvalue weighted by Gasteiger charge is -2.14. The minimum atomic E-state index is -0.524. The molecule has 4 heteroatoms. The molecule has 1 heterocycles. The van der Waals surface area contributed by atoms with Crippen molar-refractivity contribution in [2.75, 3.05) is 19.0 Å². The van der Waals surface area contributed by atoms with Crippen LogP contribution in [0.2, 0.25) is 0 Å². The average molecular weight is 244 g/mol. The molecule has 0 bridgehead atoms. The molecule has 0 saturated heterocycles. The molecule has 0 spiro atoms. The number of rotatable bonds is 3. The van der Waals surface area contributed by atoms with Gasteiger partial charge < -0.3 is 15.1 Å². The summed E-state index contributed by atoms with van der Waals surface area (Å²) in [6.45, 7) is 0.